The minimum atomic E-state index is -0.0852. The number of rotatable bonds is 3. The Hall–Kier alpha value is -3.09. The number of ether oxygens (including phenoxy) is 1. The van der Waals surface area contributed by atoms with Crippen LogP contribution in [0, 0.1) is 0 Å². The van der Waals surface area contributed by atoms with Crippen LogP contribution in [0.5, 0.6) is 5.75 Å². The number of amides is 1. The number of hydrogen-bond donors (Lipinski definition) is 0. The third-order valence-corrected chi connectivity index (χ3v) is 5.64. The Kier molecular flexibility index (Phi) is 4.15. The third-order valence-electron chi connectivity index (χ3n) is 5.64. The summed E-state index contributed by atoms with van der Waals surface area (Å²) in [5, 5.41) is 9.64. The van der Waals surface area contributed by atoms with Crippen LogP contribution in [0.3, 0.4) is 0 Å². The molecule has 0 radical (unpaired) electrons. The highest BCUT2D eigenvalue weighted by Crippen LogP contribution is 2.29. The number of piperazine rings is 1. The van der Waals surface area contributed by atoms with Gasteiger partial charge in [0.1, 0.15) is 0 Å². The maximum absolute atomic E-state index is 12.9. The van der Waals surface area contributed by atoms with Crippen molar-refractivity contribution in [1.82, 2.24) is 15.1 Å². The zero-order valence-electron chi connectivity index (χ0n) is 15.9. The van der Waals surface area contributed by atoms with E-state index < -0.39 is 0 Å². The van der Waals surface area contributed by atoms with Crippen molar-refractivity contribution in [2.75, 3.05) is 38.2 Å². The van der Waals surface area contributed by atoms with E-state index in [-0.39, 0.29) is 5.91 Å². The zero-order chi connectivity index (χ0) is 19.1. The molecule has 28 heavy (non-hydrogen) atoms. The van der Waals surface area contributed by atoms with Crippen molar-refractivity contribution in [1.29, 1.82) is 0 Å². The maximum atomic E-state index is 12.9. The molecule has 2 aliphatic rings. The summed E-state index contributed by atoms with van der Waals surface area (Å²) in [6.45, 7) is 2.74. The molecule has 5 rings (SSSR count). The number of carbonyl (C=O) groups excluding carboxylic acids is 1. The lowest BCUT2D eigenvalue weighted by Gasteiger charge is -2.34. The highest BCUT2D eigenvalue weighted by atomic mass is 16.5. The number of hydrogen-bond acceptors (Lipinski definition) is 6. The summed E-state index contributed by atoms with van der Waals surface area (Å²) in [7, 11) is 1.60. The van der Waals surface area contributed by atoms with Gasteiger partial charge < -0.3 is 19.0 Å². The van der Waals surface area contributed by atoms with E-state index in [2.05, 4.69) is 21.2 Å². The molecule has 0 atom stereocenters. The molecular weight excluding hydrogens is 356 g/mol. The van der Waals surface area contributed by atoms with E-state index in [9.17, 15) is 4.79 Å². The van der Waals surface area contributed by atoms with Crippen molar-refractivity contribution >= 4 is 22.7 Å². The average Bonchev–Trinajstić information content (AvgIpc) is 3.39. The Morgan fingerprint density at radius 1 is 1.11 bits per heavy atom. The van der Waals surface area contributed by atoms with E-state index in [1.54, 1.807) is 13.2 Å². The Labute approximate surface area is 162 Å². The molecule has 0 saturated carbocycles. The van der Waals surface area contributed by atoms with Gasteiger partial charge >= 0.3 is 0 Å². The highest BCUT2D eigenvalue weighted by molar-refractivity contribution is 5.97. The van der Waals surface area contributed by atoms with Crippen LogP contribution >= 0.6 is 0 Å². The molecule has 0 spiro atoms. The van der Waals surface area contributed by atoms with Crippen molar-refractivity contribution in [2.45, 2.75) is 19.3 Å². The van der Waals surface area contributed by atoms with Gasteiger partial charge in [0.15, 0.2) is 22.9 Å². The molecule has 1 fully saturated rings. The number of para-hydroxylation sites is 1. The van der Waals surface area contributed by atoms with Crippen LogP contribution in [0.4, 0.5) is 5.82 Å². The Balaban J connectivity index is 1.29. The lowest BCUT2D eigenvalue weighted by molar-refractivity contribution is 0.0716. The van der Waals surface area contributed by atoms with Crippen LogP contribution in [-0.4, -0.2) is 54.3 Å². The number of aryl methyl sites for hydroxylation is 2. The van der Waals surface area contributed by atoms with E-state index in [0.29, 0.717) is 30.2 Å². The quantitative estimate of drug-likeness (QED) is 0.698. The fraction of sp³-hybridized carbons (Fsp3) is 0.381. The first-order valence-electron chi connectivity index (χ1n) is 9.69. The molecule has 1 saturated heterocycles. The van der Waals surface area contributed by atoms with Crippen molar-refractivity contribution in [3.63, 3.8) is 0 Å². The van der Waals surface area contributed by atoms with E-state index in [4.69, 9.17) is 9.15 Å². The predicted molar refractivity (Wildman–Crippen MR) is 105 cm³/mol. The van der Waals surface area contributed by atoms with Gasteiger partial charge in [0.2, 0.25) is 0 Å². The molecule has 144 valence electrons. The van der Waals surface area contributed by atoms with E-state index in [1.807, 2.05) is 23.1 Å². The lowest BCUT2D eigenvalue weighted by Crippen LogP contribution is -2.49. The highest BCUT2D eigenvalue weighted by Gasteiger charge is 2.26. The SMILES string of the molecule is COc1cccc2cc(C(=O)N3CCN(c4cc5c(nn4)CCC5)CC3)oc12. The number of fused-ring (bicyclic) bond motifs is 2. The number of methoxy groups -OCH3 is 1. The second-order valence-electron chi connectivity index (χ2n) is 7.30. The minimum absolute atomic E-state index is 0.0852. The van der Waals surface area contributed by atoms with Gasteiger partial charge in [0.05, 0.1) is 12.8 Å². The van der Waals surface area contributed by atoms with Crippen LogP contribution in [-0.2, 0) is 12.8 Å². The summed E-state index contributed by atoms with van der Waals surface area (Å²) in [5.41, 5.74) is 3.07. The summed E-state index contributed by atoms with van der Waals surface area (Å²) >= 11 is 0. The molecular formula is C21H22N4O3. The summed E-state index contributed by atoms with van der Waals surface area (Å²) in [5.74, 6) is 1.82. The van der Waals surface area contributed by atoms with Crippen LogP contribution < -0.4 is 9.64 Å². The standard InChI is InChI=1S/C21H22N4O3/c1-27-17-7-3-5-15-12-18(28-20(15)17)21(26)25-10-8-24(9-11-25)19-13-14-4-2-6-16(14)22-23-19/h3,5,7,12-13H,2,4,6,8-11H2,1H3. The maximum Gasteiger partial charge on any atom is 0.289 e. The largest absolute Gasteiger partial charge is 0.493 e. The molecule has 1 aromatic carbocycles. The van der Waals surface area contributed by atoms with Crippen molar-refractivity contribution < 1.29 is 13.9 Å². The number of nitrogens with zero attached hydrogens (tertiary/aromatic N) is 4. The fourth-order valence-corrected chi connectivity index (χ4v) is 4.07. The molecule has 0 bridgehead atoms. The van der Waals surface area contributed by atoms with E-state index in [1.165, 1.54) is 5.56 Å². The second-order valence-corrected chi connectivity index (χ2v) is 7.30. The van der Waals surface area contributed by atoms with Gasteiger partial charge in [-0.2, -0.15) is 5.10 Å². The topological polar surface area (TPSA) is 71.7 Å². The molecule has 7 heteroatoms. The summed E-state index contributed by atoms with van der Waals surface area (Å²) in [4.78, 5) is 17.0. The van der Waals surface area contributed by atoms with Gasteiger partial charge in [-0.25, -0.2) is 0 Å². The predicted octanol–water partition coefficient (Wildman–Crippen LogP) is 2.68. The summed E-state index contributed by atoms with van der Waals surface area (Å²) in [6.07, 6.45) is 3.29. The Morgan fingerprint density at radius 3 is 2.79 bits per heavy atom. The number of furan rings is 1. The van der Waals surface area contributed by atoms with Gasteiger partial charge in [-0.05, 0) is 43.0 Å². The zero-order valence-corrected chi connectivity index (χ0v) is 15.9. The molecule has 1 aliphatic carbocycles. The molecule has 0 unspecified atom stereocenters. The Bertz CT molecular complexity index is 1040. The van der Waals surface area contributed by atoms with Gasteiger partial charge in [-0.1, -0.05) is 12.1 Å². The smallest absolute Gasteiger partial charge is 0.289 e. The fourth-order valence-electron chi connectivity index (χ4n) is 4.07. The summed E-state index contributed by atoms with van der Waals surface area (Å²) < 4.78 is 11.1. The third kappa shape index (κ3) is 2.87. The first-order valence-corrected chi connectivity index (χ1v) is 9.69. The van der Waals surface area contributed by atoms with E-state index in [0.717, 1.165) is 49.2 Å². The summed E-state index contributed by atoms with van der Waals surface area (Å²) in [6, 6.07) is 9.59. The van der Waals surface area contributed by atoms with E-state index >= 15 is 0 Å². The molecule has 2 aromatic heterocycles. The number of aromatic nitrogens is 2. The lowest BCUT2D eigenvalue weighted by atomic mass is 10.2. The first kappa shape index (κ1) is 17.0. The first-order chi connectivity index (χ1) is 13.7. The Morgan fingerprint density at radius 2 is 1.96 bits per heavy atom. The minimum Gasteiger partial charge on any atom is -0.493 e. The van der Waals surface area contributed by atoms with Gasteiger partial charge in [0, 0.05) is 31.6 Å². The van der Waals surface area contributed by atoms with Crippen LogP contribution in [0.25, 0.3) is 11.0 Å². The average molecular weight is 378 g/mol. The normalized spacial score (nSPS) is 16.5. The number of anilines is 1. The molecule has 0 N–H and O–H groups in total. The van der Waals surface area contributed by atoms with Crippen LogP contribution in [0.15, 0.2) is 34.7 Å². The van der Waals surface area contributed by atoms with Crippen LogP contribution in [0.2, 0.25) is 0 Å². The van der Waals surface area contributed by atoms with Gasteiger partial charge in [-0.3, -0.25) is 4.79 Å². The van der Waals surface area contributed by atoms with Crippen molar-refractivity contribution in [3.05, 3.63) is 47.3 Å². The molecule has 7 nitrogen and oxygen atoms in total. The molecule has 3 heterocycles. The number of benzene rings is 1. The molecule has 1 amide bonds. The molecule has 1 aliphatic heterocycles. The van der Waals surface area contributed by atoms with Crippen molar-refractivity contribution in [3.8, 4) is 5.75 Å². The second kappa shape index (κ2) is 6.82. The van der Waals surface area contributed by atoms with Crippen molar-refractivity contribution in [2.24, 2.45) is 0 Å². The van der Waals surface area contributed by atoms with Crippen LogP contribution in [0.1, 0.15) is 28.2 Å². The number of carbonyl (C=O) groups is 1. The van der Waals surface area contributed by atoms with Gasteiger partial charge in [0.25, 0.3) is 5.91 Å². The molecule has 3 aromatic rings. The van der Waals surface area contributed by atoms with Gasteiger partial charge in [-0.15, -0.1) is 5.10 Å². The monoisotopic (exact) mass is 378 g/mol.